The van der Waals surface area contributed by atoms with Crippen LogP contribution in [0.4, 0.5) is 0 Å². The van der Waals surface area contributed by atoms with Crippen LogP contribution in [0.1, 0.15) is 51.9 Å². The Kier molecular flexibility index (Phi) is 11.5. The Labute approximate surface area is 194 Å². The zero-order chi connectivity index (χ0) is 22.8. The molecule has 8 heteroatoms. The van der Waals surface area contributed by atoms with Crippen molar-refractivity contribution in [1.29, 1.82) is 0 Å². The number of ether oxygens (including phenoxy) is 1. The number of aliphatic hydroxyl groups excluding tert-OH is 3. The minimum Gasteiger partial charge on any atom is -0.491 e. The third kappa shape index (κ3) is 8.81. The van der Waals surface area contributed by atoms with Gasteiger partial charge in [-0.1, -0.05) is 43.9 Å². The number of carboxylic acid groups (broad SMARTS) is 1. The van der Waals surface area contributed by atoms with Gasteiger partial charge in [0.1, 0.15) is 12.4 Å². The van der Waals surface area contributed by atoms with Gasteiger partial charge in [-0.25, -0.2) is 0 Å². The average molecular weight is 475 g/mol. The second-order valence-corrected chi connectivity index (χ2v) is 9.98. The van der Waals surface area contributed by atoms with Crippen molar-refractivity contribution in [2.24, 2.45) is 11.8 Å². The van der Waals surface area contributed by atoms with Gasteiger partial charge in [0.2, 0.25) is 0 Å². The molecule has 1 aromatic carbocycles. The molecule has 4 N–H and O–H groups in total. The predicted octanol–water partition coefficient (Wildman–Crippen LogP) is 3.98. The number of thioether (sulfide) groups is 1. The van der Waals surface area contributed by atoms with Crippen LogP contribution in [0.25, 0.3) is 0 Å². The molecule has 6 nitrogen and oxygen atoms in total. The summed E-state index contributed by atoms with van der Waals surface area (Å²) in [5.74, 6) is -0.0343. The number of unbranched alkanes of at least 4 members (excludes halogenated alkanes) is 2. The molecule has 1 fully saturated rings. The first-order valence-electron chi connectivity index (χ1n) is 11.1. The van der Waals surface area contributed by atoms with Gasteiger partial charge in [0.15, 0.2) is 0 Å². The summed E-state index contributed by atoms with van der Waals surface area (Å²) in [5, 5.41) is 40.6. The van der Waals surface area contributed by atoms with Crippen molar-refractivity contribution in [2.75, 3.05) is 12.4 Å². The monoisotopic (exact) mass is 474 g/mol. The maximum absolute atomic E-state index is 11.1. The number of rotatable bonds is 14. The Bertz CT molecular complexity index is 675. The van der Waals surface area contributed by atoms with Crippen LogP contribution in [-0.2, 0) is 4.79 Å². The van der Waals surface area contributed by atoms with Crippen molar-refractivity contribution in [2.45, 2.75) is 75.4 Å². The molecule has 1 aromatic rings. The number of halogens is 1. The maximum atomic E-state index is 11.1. The van der Waals surface area contributed by atoms with E-state index in [0.717, 1.165) is 25.7 Å². The Balaban J connectivity index is 1.72. The van der Waals surface area contributed by atoms with E-state index >= 15 is 0 Å². The SMILES string of the molecule is CCC(CCCCCC1C(O)CC(O)C1SCC(O)COc1cccc(Cl)c1)C(=O)O. The molecule has 0 aliphatic heterocycles. The Hall–Kier alpha value is -0.990. The van der Waals surface area contributed by atoms with Crippen LogP contribution in [0.15, 0.2) is 24.3 Å². The third-order valence-corrected chi connectivity index (χ3v) is 7.79. The molecule has 0 saturated heterocycles. The number of hydrogen-bond donors (Lipinski definition) is 4. The Morgan fingerprint density at radius 3 is 2.71 bits per heavy atom. The minimum absolute atomic E-state index is 0.0255. The topological polar surface area (TPSA) is 107 Å². The maximum Gasteiger partial charge on any atom is 0.306 e. The number of hydrogen-bond acceptors (Lipinski definition) is 6. The van der Waals surface area contributed by atoms with Gasteiger partial charge in [-0.3, -0.25) is 4.79 Å². The standard InChI is InChI=1S/C23H35ClO6S/c1-2-15(23(28)29)7-4-3-5-10-19-20(26)12-21(27)22(19)31-14-17(25)13-30-18-9-6-8-16(24)11-18/h6,8-9,11,15,17,19-22,25-27H,2-5,7,10,12-14H2,1H3,(H,28,29). The van der Waals surface area contributed by atoms with Gasteiger partial charge in [0.05, 0.1) is 24.2 Å². The molecule has 176 valence electrons. The van der Waals surface area contributed by atoms with E-state index in [1.165, 1.54) is 11.8 Å². The molecule has 6 unspecified atom stereocenters. The molecular formula is C23H35ClO6S. The van der Waals surface area contributed by atoms with Crippen molar-refractivity contribution >= 4 is 29.3 Å². The van der Waals surface area contributed by atoms with Crippen molar-refractivity contribution in [3.8, 4) is 5.75 Å². The molecule has 0 heterocycles. The van der Waals surface area contributed by atoms with Crippen LogP contribution in [0, 0.1) is 11.8 Å². The van der Waals surface area contributed by atoms with E-state index < -0.39 is 24.3 Å². The van der Waals surface area contributed by atoms with E-state index in [1.54, 1.807) is 24.3 Å². The highest BCUT2D eigenvalue weighted by atomic mass is 35.5. The summed E-state index contributed by atoms with van der Waals surface area (Å²) >= 11 is 7.41. The lowest BCUT2D eigenvalue weighted by Gasteiger charge is -2.24. The number of benzene rings is 1. The molecule has 2 rings (SSSR count). The molecule has 0 amide bonds. The van der Waals surface area contributed by atoms with E-state index in [4.69, 9.17) is 21.4 Å². The lowest BCUT2D eigenvalue weighted by molar-refractivity contribution is -0.142. The van der Waals surface area contributed by atoms with Crippen molar-refractivity contribution in [3.05, 3.63) is 29.3 Å². The molecule has 0 bridgehead atoms. The Morgan fingerprint density at radius 2 is 2.03 bits per heavy atom. The zero-order valence-electron chi connectivity index (χ0n) is 18.0. The third-order valence-electron chi connectivity index (χ3n) is 5.93. The number of carboxylic acids is 1. The second kappa shape index (κ2) is 13.5. The first-order valence-corrected chi connectivity index (χ1v) is 12.5. The summed E-state index contributed by atoms with van der Waals surface area (Å²) < 4.78 is 5.57. The molecule has 1 aliphatic rings. The molecule has 6 atom stereocenters. The molecule has 0 aromatic heterocycles. The minimum atomic E-state index is -0.730. The van der Waals surface area contributed by atoms with Gasteiger partial charge < -0.3 is 25.2 Å². The van der Waals surface area contributed by atoms with Gasteiger partial charge in [-0.2, -0.15) is 11.8 Å². The predicted molar refractivity (Wildman–Crippen MR) is 124 cm³/mol. The van der Waals surface area contributed by atoms with E-state index in [9.17, 15) is 20.1 Å². The fraction of sp³-hybridized carbons (Fsp3) is 0.696. The van der Waals surface area contributed by atoms with Gasteiger partial charge in [-0.15, -0.1) is 0 Å². The average Bonchev–Trinajstić information content (AvgIpc) is 2.99. The first kappa shape index (κ1) is 26.3. The molecule has 0 radical (unpaired) electrons. The highest BCUT2D eigenvalue weighted by Crippen LogP contribution is 2.39. The molecule has 1 saturated carbocycles. The highest BCUT2D eigenvalue weighted by molar-refractivity contribution is 8.00. The second-order valence-electron chi connectivity index (χ2n) is 8.34. The van der Waals surface area contributed by atoms with Gasteiger partial charge in [0.25, 0.3) is 0 Å². The van der Waals surface area contributed by atoms with Gasteiger partial charge >= 0.3 is 5.97 Å². The lowest BCUT2D eigenvalue weighted by Crippen LogP contribution is -2.28. The number of aliphatic carboxylic acids is 1. The molecular weight excluding hydrogens is 440 g/mol. The van der Waals surface area contributed by atoms with Crippen molar-refractivity contribution in [1.82, 2.24) is 0 Å². The molecule has 0 spiro atoms. The smallest absolute Gasteiger partial charge is 0.306 e. The fourth-order valence-electron chi connectivity index (χ4n) is 4.12. The normalized spacial score (nSPS) is 25.3. The van der Waals surface area contributed by atoms with Crippen LogP contribution in [0.5, 0.6) is 5.75 Å². The van der Waals surface area contributed by atoms with E-state index in [2.05, 4.69) is 0 Å². The Morgan fingerprint density at radius 1 is 1.26 bits per heavy atom. The summed E-state index contributed by atoms with van der Waals surface area (Å²) in [6, 6.07) is 7.00. The van der Waals surface area contributed by atoms with E-state index in [-0.39, 0.29) is 23.7 Å². The van der Waals surface area contributed by atoms with Crippen LogP contribution < -0.4 is 4.74 Å². The quantitative estimate of drug-likeness (QED) is 0.302. The van der Waals surface area contributed by atoms with Crippen molar-refractivity contribution in [3.63, 3.8) is 0 Å². The highest BCUT2D eigenvalue weighted by Gasteiger charge is 2.41. The lowest BCUT2D eigenvalue weighted by atomic mass is 9.94. The summed E-state index contributed by atoms with van der Waals surface area (Å²) in [6.07, 6.45) is 3.28. The van der Waals surface area contributed by atoms with Gasteiger partial charge in [0, 0.05) is 22.4 Å². The van der Waals surface area contributed by atoms with Crippen LogP contribution in [0.2, 0.25) is 5.02 Å². The number of aliphatic hydroxyl groups is 3. The van der Waals surface area contributed by atoms with Gasteiger partial charge in [-0.05, 0) is 43.4 Å². The van der Waals surface area contributed by atoms with Crippen molar-refractivity contribution < 1.29 is 30.0 Å². The van der Waals surface area contributed by atoms with Crippen LogP contribution >= 0.6 is 23.4 Å². The van der Waals surface area contributed by atoms with E-state index in [1.807, 2.05) is 6.92 Å². The largest absolute Gasteiger partial charge is 0.491 e. The summed E-state index contributed by atoms with van der Waals surface area (Å²) in [6.45, 7) is 2.02. The van der Waals surface area contributed by atoms with Crippen LogP contribution in [-0.4, -0.2) is 62.3 Å². The molecule has 1 aliphatic carbocycles. The summed E-state index contributed by atoms with van der Waals surface area (Å²) in [4.78, 5) is 11.1. The zero-order valence-corrected chi connectivity index (χ0v) is 19.6. The summed E-state index contributed by atoms with van der Waals surface area (Å²) in [7, 11) is 0. The first-order chi connectivity index (χ1) is 14.8. The van der Waals surface area contributed by atoms with E-state index in [0.29, 0.717) is 35.8 Å². The fourth-order valence-corrected chi connectivity index (χ4v) is 5.74. The molecule has 31 heavy (non-hydrogen) atoms. The number of carbonyl (C=O) groups is 1. The van der Waals surface area contributed by atoms with Crippen LogP contribution in [0.3, 0.4) is 0 Å². The summed E-state index contributed by atoms with van der Waals surface area (Å²) in [5.41, 5.74) is 0.